The van der Waals surface area contributed by atoms with E-state index in [4.69, 9.17) is 4.74 Å². The molecule has 0 bridgehead atoms. The predicted octanol–water partition coefficient (Wildman–Crippen LogP) is 4.87. The molecule has 0 saturated carbocycles. The van der Waals surface area contributed by atoms with Crippen LogP contribution in [0.5, 0.6) is 0 Å². The van der Waals surface area contributed by atoms with Gasteiger partial charge < -0.3 is 19.5 Å². The normalized spacial score (nSPS) is 11.1. The molecule has 0 unspecified atom stereocenters. The van der Waals surface area contributed by atoms with Crippen LogP contribution in [0.25, 0.3) is 6.08 Å². The lowest BCUT2D eigenvalue weighted by Crippen LogP contribution is -2.42. The average molecular weight is 499 g/mol. The minimum atomic E-state index is -0.884. The SMILES string of the molecule is COC(O)=C=[N+]=Nc1ccccc1CN(C(=O)/C=C/c1ccccc1)[C@@H](C)C(=O)OCc1ccccc1. The average Bonchev–Trinajstić information content (AvgIpc) is 2.94. The number of aliphatic hydroxyl groups is 1. The van der Waals surface area contributed by atoms with E-state index in [1.165, 1.54) is 18.1 Å². The van der Waals surface area contributed by atoms with Crippen LogP contribution in [0.15, 0.2) is 102 Å². The molecule has 0 aliphatic heterocycles. The Balaban J connectivity index is 1.87. The highest BCUT2D eigenvalue weighted by Gasteiger charge is 2.27. The number of rotatable bonds is 10. The summed E-state index contributed by atoms with van der Waals surface area (Å²) in [6, 6.07) is 24.9. The van der Waals surface area contributed by atoms with Gasteiger partial charge in [0, 0.05) is 18.2 Å². The van der Waals surface area contributed by atoms with E-state index in [0.29, 0.717) is 11.3 Å². The minimum Gasteiger partial charge on any atom is -0.470 e. The number of benzene rings is 3. The van der Waals surface area contributed by atoms with E-state index in [9.17, 15) is 14.7 Å². The van der Waals surface area contributed by atoms with Crippen LogP contribution in [0.3, 0.4) is 0 Å². The number of carbonyl (C=O) groups excluding carboxylic acids is 2. The first-order chi connectivity index (χ1) is 18.0. The number of nitrogens with zero attached hydrogens (tertiary/aromatic N) is 3. The fourth-order valence-corrected chi connectivity index (χ4v) is 3.30. The predicted molar refractivity (Wildman–Crippen MR) is 139 cm³/mol. The number of carbonyl (C=O) groups is 2. The maximum Gasteiger partial charge on any atom is 0.441 e. The summed E-state index contributed by atoms with van der Waals surface area (Å²) in [7, 11) is 1.27. The maximum absolute atomic E-state index is 13.3. The lowest BCUT2D eigenvalue weighted by molar-refractivity contribution is -0.154. The largest absolute Gasteiger partial charge is 0.470 e. The van der Waals surface area contributed by atoms with E-state index in [2.05, 4.69) is 20.5 Å². The molecule has 3 aromatic carbocycles. The Labute approximate surface area is 215 Å². The highest BCUT2D eigenvalue weighted by molar-refractivity contribution is 5.94. The maximum atomic E-state index is 13.3. The number of amides is 1. The number of esters is 1. The second-order valence-electron chi connectivity index (χ2n) is 7.93. The fraction of sp³-hybridized carbons (Fsp3) is 0.172. The highest BCUT2D eigenvalue weighted by atomic mass is 16.6. The highest BCUT2D eigenvalue weighted by Crippen LogP contribution is 2.22. The molecule has 1 amide bonds. The molecule has 0 aliphatic carbocycles. The van der Waals surface area contributed by atoms with Crippen molar-refractivity contribution in [2.75, 3.05) is 7.11 Å². The first-order valence-corrected chi connectivity index (χ1v) is 11.6. The molecule has 3 aromatic rings. The van der Waals surface area contributed by atoms with Crippen molar-refractivity contribution in [3.8, 4) is 0 Å². The Morgan fingerprint density at radius 2 is 1.68 bits per heavy atom. The van der Waals surface area contributed by atoms with E-state index in [1.54, 1.807) is 37.3 Å². The van der Waals surface area contributed by atoms with Crippen molar-refractivity contribution < 1.29 is 29.0 Å². The van der Waals surface area contributed by atoms with Gasteiger partial charge in [-0.25, -0.2) is 4.79 Å². The van der Waals surface area contributed by atoms with E-state index >= 15 is 0 Å². The second-order valence-corrected chi connectivity index (χ2v) is 7.93. The first-order valence-electron chi connectivity index (χ1n) is 11.6. The molecule has 0 aromatic heterocycles. The van der Waals surface area contributed by atoms with Crippen LogP contribution in [0, 0.1) is 0 Å². The number of methoxy groups -OCH3 is 1. The van der Waals surface area contributed by atoms with Crippen molar-refractivity contribution in [1.82, 2.24) is 4.90 Å². The monoisotopic (exact) mass is 498 g/mol. The van der Waals surface area contributed by atoms with Gasteiger partial charge in [0.2, 0.25) is 5.91 Å². The Morgan fingerprint density at radius 1 is 1.03 bits per heavy atom. The summed E-state index contributed by atoms with van der Waals surface area (Å²) in [5.41, 5.74) is 2.77. The van der Waals surface area contributed by atoms with Crippen LogP contribution in [-0.2, 0) is 32.2 Å². The molecule has 0 aliphatic rings. The number of aliphatic hydroxyl groups excluding tert-OH is 1. The summed E-state index contributed by atoms with van der Waals surface area (Å²) in [6.07, 6.45) is 3.11. The van der Waals surface area contributed by atoms with Gasteiger partial charge in [-0.15, -0.1) is 0 Å². The zero-order valence-corrected chi connectivity index (χ0v) is 20.7. The molecule has 37 heavy (non-hydrogen) atoms. The van der Waals surface area contributed by atoms with Gasteiger partial charge in [-0.3, -0.25) is 4.79 Å². The van der Waals surface area contributed by atoms with Crippen molar-refractivity contribution in [2.45, 2.75) is 26.1 Å². The van der Waals surface area contributed by atoms with Crippen LogP contribution in [-0.4, -0.2) is 45.7 Å². The molecule has 8 heteroatoms. The summed E-state index contributed by atoms with van der Waals surface area (Å²) in [5, 5.41) is 13.4. The van der Waals surface area contributed by atoms with E-state index in [-0.39, 0.29) is 19.1 Å². The Hall–Kier alpha value is -4.90. The van der Waals surface area contributed by atoms with Gasteiger partial charge in [-0.1, -0.05) is 78.9 Å². The van der Waals surface area contributed by atoms with E-state index in [1.807, 2.05) is 60.7 Å². The molecule has 0 saturated heterocycles. The first kappa shape index (κ1) is 26.7. The molecular formula is C29H28N3O5+. The number of ether oxygens (including phenoxy) is 2. The quantitative estimate of drug-likeness (QED) is 0.107. The molecule has 0 heterocycles. The Morgan fingerprint density at radius 3 is 2.38 bits per heavy atom. The van der Waals surface area contributed by atoms with Crippen molar-refractivity contribution in [3.05, 3.63) is 114 Å². The van der Waals surface area contributed by atoms with Gasteiger partial charge in [0.05, 0.1) is 7.11 Å². The summed E-state index contributed by atoms with van der Waals surface area (Å²) in [4.78, 5) is 31.4. The van der Waals surface area contributed by atoms with Gasteiger partial charge in [-0.2, -0.15) is 0 Å². The molecule has 0 radical (unpaired) electrons. The van der Waals surface area contributed by atoms with Gasteiger partial charge in [0.25, 0.3) is 0 Å². The fourth-order valence-electron chi connectivity index (χ4n) is 3.30. The number of hydrogen-bond acceptors (Lipinski definition) is 6. The second kappa shape index (κ2) is 13.9. The third-order valence-electron chi connectivity index (χ3n) is 5.36. The van der Waals surface area contributed by atoms with Crippen LogP contribution < -0.4 is 0 Å². The third kappa shape index (κ3) is 8.37. The van der Waals surface area contributed by atoms with Crippen LogP contribution in [0.4, 0.5) is 5.69 Å². The van der Waals surface area contributed by atoms with E-state index < -0.39 is 18.0 Å². The zero-order chi connectivity index (χ0) is 26.5. The summed E-state index contributed by atoms with van der Waals surface area (Å²) in [5.74, 6) is 0.815. The topological polar surface area (TPSA) is 103 Å². The smallest absolute Gasteiger partial charge is 0.441 e. The zero-order valence-electron chi connectivity index (χ0n) is 20.7. The van der Waals surface area contributed by atoms with Crippen molar-refractivity contribution in [2.24, 2.45) is 5.11 Å². The molecule has 3 rings (SSSR count). The molecule has 188 valence electrons. The van der Waals surface area contributed by atoms with Crippen LogP contribution in [0.1, 0.15) is 23.6 Å². The van der Waals surface area contributed by atoms with Gasteiger partial charge in [0.15, 0.2) is 5.69 Å². The molecule has 0 fully saturated rings. The summed E-state index contributed by atoms with van der Waals surface area (Å²) < 4.78 is 10.1. The molecule has 1 atom stereocenters. The number of hydrogen-bond donors (Lipinski definition) is 1. The van der Waals surface area contributed by atoms with Crippen molar-refractivity contribution >= 4 is 29.5 Å². The molecule has 0 spiro atoms. The minimum absolute atomic E-state index is 0.0642. The molecule has 8 nitrogen and oxygen atoms in total. The van der Waals surface area contributed by atoms with Crippen LogP contribution in [0.2, 0.25) is 0 Å². The standard InChI is InChI=1S/C29H27N3O5/c1-22(29(35)37-21-24-13-7-4-8-14-24)32(27(33)18-17-23-11-5-3-6-12-23)20-25-15-9-10-16-26(25)31-30-19-28(34)36-2/h3-18,22H,20-21H2,1-2H3/p+1/b18-17+/t22-/m0/s1. The van der Waals surface area contributed by atoms with Gasteiger partial charge >= 0.3 is 17.8 Å². The van der Waals surface area contributed by atoms with Gasteiger partial charge in [0.1, 0.15) is 22.6 Å². The molecular weight excluding hydrogens is 470 g/mol. The van der Waals surface area contributed by atoms with E-state index in [0.717, 1.165) is 11.1 Å². The van der Waals surface area contributed by atoms with Gasteiger partial charge in [-0.05, 0) is 30.2 Å². The lowest BCUT2D eigenvalue weighted by atomic mass is 10.1. The third-order valence-corrected chi connectivity index (χ3v) is 5.36. The lowest BCUT2D eigenvalue weighted by Gasteiger charge is -2.27. The Bertz CT molecular complexity index is 1330. The summed E-state index contributed by atoms with van der Waals surface area (Å²) >= 11 is 0. The molecule has 1 N–H and O–H groups in total. The van der Waals surface area contributed by atoms with Crippen molar-refractivity contribution in [1.29, 1.82) is 0 Å². The summed E-state index contributed by atoms with van der Waals surface area (Å²) in [6.45, 7) is 1.79. The Kier molecular flexibility index (Phi) is 10.00. The van der Waals surface area contributed by atoms with Crippen LogP contribution >= 0.6 is 0 Å². The van der Waals surface area contributed by atoms with Crippen molar-refractivity contribution in [3.63, 3.8) is 0 Å².